The number of aryl methyl sites for hydroxylation is 1. The number of nitrogens with one attached hydrogen (secondary N) is 2. The molecule has 5 nitrogen and oxygen atoms in total. The molecule has 0 bridgehead atoms. The first-order valence-corrected chi connectivity index (χ1v) is 7.79. The molecule has 5 heteroatoms. The molecule has 0 aliphatic heterocycles. The molecule has 1 unspecified atom stereocenters. The van der Waals surface area contributed by atoms with Gasteiger partial charge in [-0.3, -0.25) is 4.79 Å². The fourth-order valence-corrected chi connectivity index (χ4v) is 2.08. The molecule has 0 aliphatic carbocycles. The minimum absolute atomic E-state index is 0.0157. The van der Waals surface area contributed by atoms with Gasteiger partial charge < -0.3 is 15.4 Å². The van der Waals surface area contributed by atoms with Crippen LogP contribution in [0, 0.1) is 18.3 Å². The van der Waals surface area contributed by atoms with E-state index in [4.69, 9.17) is 10.00 Å². The molecule has 23 heavy (non-hydrogen) atoms. The number of hydrogen-bond acceptors (Lipinski definition) is 4. The van der Waals surface area contributed by atoms with Crippen LogP contribution >= 0.6 is 0 Å². The molecule has 1 aromatic carbocycles. The van der Waals surface area contributed by atoms with Crippen molar-refractivity contribution < 1.29 is 9.53 Å². The van der Waals surface area contributed by atoms with Gasteiger partial charge in [0.25, 0.3) is 5.91 Å². The summed E-state index contributed by atoms with van der Waals surface area (Å²) in [5, 5.41) is 14.9. The summed E-state index contributed by atoms with van der Waals surface area (Å²) in [5.74, 6) is 0.424. The molecule has 0 saturated carbocycles. The van der Waals surface area contributed by atoms with E-state index in [2.05, 4.69) is 10.6 Å². The molecule has 1 atom stereocenters. The molecule has 1 rings (SSSR count). The van der Waals surface area contributed by atoms with Gasteiger partial charge in [0.05, 0.1) is 12.6 Å². The Hall–Kier alpha value is -2.48. The van der Waals surface area contributed by atoms with Gasteiger partial charge in [-0.05, 0) is 40.7 Å². The van der Waals surface area contributed by atoms with Gasteiger partial charge in [-0.25, -0.2) is 0 Å². The molecule has 0 radical (unpaired) electrons. The zero-order valence-corrected chi connectivity index (χ0v) is 14.4. The van der Waals surface area contributed by atoms with Crippen LogP contribution in [0.4, 0.5) is 0 Å². The van der Waals surface area contributed by atoms with E-state index in [9.17, 15) is 4.79 Å². The molecule has 0 saturated heterocycles. The number of nitrogens with zero attached hydrogens (tertiary/aromatic N) is 1. The van der Waals surface area contributed by atoms with Crippen molar-refractivity contribution >= 4 is 5.91 Å². The first-order valence-electron chi connectivity index (χ1n) is 7.79. The zero-order valence-electron chi connectivity index (χ0n) is 14.4. The van der Waals surface area contributed by atoms with Crippen LogP contribution in [-0.2, 0) is 4.79 Å². The average Bonchev–Trinajstić information content (AvgIpc) is 2.49. The van der Waals surface area contributed by atoms with Gasteiger partial charge in [0.15, 0.2) is 0 Å². The van der Waals surface area contributed by atoms with E-state index in [-0.39, 0.29) is 23.6 Å². The summed E-state index contributed by atoms with van der Waals surface area (Å²) in [7, 11) is 0. The SMILES string of the molecule is CCOc1ccc(C)cc1C(C)N/C=C(/C#N)C(=O)NC(C)C. The maximum atomic E-state index is 11.9. The smallest absolute Gasteiger partial charge is 0.263 e. The van der Waals surface area contributed by atoms with Crippen molar-refractivity contribution in [3.8, 4) is 11.8 Å². The van der Waals surface area contributed by atoms with Crippen LogP contribution in [0.25, 0.3) is 0 Å². The Labute approximate surface area is 138 Å². The number of carbonyl (C=O) groups excluding carboxylic acids is 1. The monoisotopic (exact) mass is 315 g/mol. The van der Waals surface area contributed by atoms with E-state index in [1.807, 2.05) is 58.9 Å². The third-order valence-corrected chi connectivity index (χ3v) is 3.19. The van der Waals surface area contributed by atoms with Gasteiger partial charge in [0, 0.05) is 17.8 Å². The second-order valence-corrected chi connectivity index (χ2v) is 5.66. The first kappa shape index (κ1) is 18.6. The van der Waals surface area contributed by atoms with Crippen LogP contribution in [0.15, 0.2) is 30.0 Å². The van der Waals surface area contributed by atoms with Crippen molar-refractivity contribution in [3.05, 3.63) is 41.1 Å². The Balaban J connectivity index is 2.92. The number of benzene rings is 1. The molecule has 124 valence electrons. The Kier molecular flexibility index (Phi) is 7.14. The van der Waals surface area contributed by atoms with Crippen LogP contribution in [0.1, 0.15) is 44.9 Å². The number of nitriles is 1. The van der Waals surface area contributed by atoms with E-state index in [1.165, 1.54) is 6.20 Å². The summed E-state index contributed by atoms with van der Waals surface area (Å²) in [6, 6.07) is 7.78. The minimum Gasteiger partial charge on any atom is -0.494 e. The summed E-state index contributed by atoms with van der Waals surface area (Å²) < 4.78 is 5.64. The molecule has 1 aromatic rings. The first-order chi connectivity index (χ1) is 10.9. The average molecular weight is 315 g/mol. The Bertz CT molecular complexity index is 615. The molecular weight excluding hydrogens is 290 g/mol. The minimum atomic E-state index is -0.378. The van der Waals surface area contributed by atoms with Gasteiger partial charge in [-0.2, -0.15) is 5.26 Å². The lowest BCUT2D eigenvalue weighted by atomic mass is 10.0. The summed E-state index contributed by atoms with van der Waals surface area (Å²) >= 11 is 0. The number of amides is 1. The molecule has 0 spiro atoms. The standard InChI is InChI=1S/C18H25N3O2/c1-6-23-17-8-7-13(4)9-16(17)14(5)20-11-15(10-19)18(22)21-12(2)3/h7-9,11-12,14,20H,6H2,1-5H3,(H,21,22)/b15-11-. The Morgan fingerprint density at radius 1 is 1.39 bits per heavy atom. The second kappa shape index (κ2) is 8.84. The normalized spacial score (nSPS) is 12.5. The van der Waals surface area contributed by atoms with Crippen LogP contribution < -0.4 is 15.4 Å². The lowest BCUT2D eigenvalue weighted by Gasteiger charge is -2.18. The number of rotatable bonds is 7. The maximum absolute atomic E-state index is 11.9. The van der Waals surface area contributed by atoms with Crippen molar-refractivity contribution in [2.75, 3.05) is 6.61 Å². The Morgan fingerprint density at radius 2 is 2.09 bits per heavy atom. The molecule has 0 aliphatic rings. The number of ether oxygens (including phenoxy) is 1. The van der Waals surface area contributed by atoms with Crippen LogP contribution in [0.2, 0.25) is 0 Å². The predicted octanol–water partition coefficient (Wildman–Crippen LogP) is 2.98. The van der Waals surface area contributed by atoms with Crippen LogP contribution in [0.3, 0.4) is 0 Å². The van der Waals surface area contributed by atoms with Crippen LogP contribution in [0.5, 0.6) is 5.75 Å². The second-order valence-electron chi connectivity index (χ2n) is 5.66. The van der Waals surface area contributed by atoms with E-state index in [0.29, 0.717) is 6.61 Å². The molecule has 0 fully saturated rings. The lowest BCUT2D eigenvalue weighted by molar-refractivity contribution is -0.117. The van der Waals surface area contributed by atoms with Gasteiger partial charge in [-0.15, -0.1) is 0 Å². The van der Waals surface area contributed by atoms with Crippen molar-refractivity contribution in [1.82, 2.24) is 10.6 Å². The van der Waals surface area contributed by atoms with Crippen LogP contribution in [-0.4, -0.2) is 18.6 Å². The van der Waals surface area contributed by atoms with E-state index >= 15 is 0 Å². The molecule has 0 heterocycles. The highest BCUT2D eigenvalue weighted by Gasteiger charge is 2.13. The van der Waals surface area contributed by atoms with E-state index in [1.54, 1.807) is 0 Å². The third-order valence-electron chi connectivity index (χ3n) is 3.19. The highest BCUT2D eigenvalue weighted by molar-refractivity contribution is 5.97. The highest BCUT2D eigenvalue weighted by Crippen LogP contribution is 2.26. The van der Waals surface area contributed by atoms with Gasteiger partial charge in [0.2, 0.25) is 0 Å². The topological polar surface area (TPSA) is 74.1 Å². The molecule has 2 N–H and O–H groups in total. The molecule has 1 amide bonds. The fraction of sp³-hybridized carbons (Fsp3) is 0.444. The molecule has 0 aromatic heterocycles. The quantitative estimate of drug-likeness (QED) is 0.599. The lowest BCUT2D eigenvalue weighted by Crippen LogP contribution is -2.31. The predicted molar refractivity (Wildman–Crippen MR) is 90.9 cm³/mol. The van der Waals surface area contributed by atoms with Gasteiger partial charge in [-0.1, -0.05) is 17.7 Å². The van der Waals surface area contributed by atoms with Crippen molar-refractivity contribution in [3.63, 3.8) is 0 Å². The Morgan fingerprint density at radius 3 is 2.65 bits per heavy atom. The summed E-state index contributed by atoms with van der Waals surface area (Å²) in [4.78, 5) is 11.9. The van der Waals surface area contributed by atoms with Gasteiger partial charge in [0.1, 0.15) is 17.4 Å². The largest absolute Gasteiger partial charge is 0.494 e. The summed E-state index contributed by atoms with van der Waals surface area (Å²) in [5.41, 5.74) is 2.17. The number of carbonyl (C=O) groups is 1. The summed E-state index contributed by atoms with van der Waals surface area (Å²) in [6.07, 6.45) is 1.46. The maximum Gasteiger partial charge on any atom is 0.263 e. The zero-order chi connectivity index (χ0) is 17.4. The summed E-state index contributed by atoms with van der Waals surface area (Å²) in [6.45, 7) is 10.2. The van der Waals surface area contributed by atoms with Gasteiger partial charge >= 0.3 is 0 Å². The van der Waals surface area contributed by atoms with E-state index in [0.717, 1.165) is 16.9 Å². The third kappa shape index (κ3) is 5.67. The highest BCUT2D eigenvalue weighted by atomic mass is 16.5. The van der Waals surface area contributed by atoms with Crippen molar-refractivity contribution in [2.45, 2.75) is 46.7 Å². The fourth-order valence-electron chi connectivity index (χ4n) is 2.08. The van der Waals surface area contributed by atoms with Crippen molar-refractivity contribution in [1.29, 1.82) is 5.26 Å². The number of hydrogen-bond donors (Lipinski definition) is 2. The molecular formula is C18H25N3O2. The van der Waals surface area contributed by atoms with E-state index < -0.39 is 0 Å². The van der Waals surface area contributed by atoms with Crippen molar-refractivity contribution in [2.24, 2.45) is 0 Å².